The van der Waals surface area contributed by atoms with Crippen molar-refractivity contribution in [3.63, 3.8) is 0 Å². The van der Waals surface area contributed by atoms with E-state index in [1.54, 1.807) is 19.2 Å². The van der Waals surface area contributed by atoms with Crippen molar-refractivity contribution in [3.05, 3.63) is 29.8 Å². The van der Waals surface area contributed by atoms with Crippen LogP contribution >= 0.6 is 0 Å². The molecule has 4 heteroatoms. The van der Waals surface area contributed by atoms with Crippen molar-refractivity contribution in [1.82, 2.24) is 4.90 Å². The van der Waals surface area contributed by atoms with Gasteiger partial charge in [-0.25, -0.2) is 4.79 Å². The number of rotatable bonds is 9. The van der Waals surface area contributed by atoms with Gasteiger partial charge in [-0.15, -0.1) is 0 Å². The molecule has 0 heterocycles. The first kappa shape index (κ1) is 23.4. The largest absolute Gasteiger partial charge is 0.496 e. The maximum Gasteiger partial charge on any atom is 0.342 e. The van der Waals surface area contributed by atoms with Gasteiger partial charge in [-0.3, -0.25) is 0 Å². The lowest BCUT2D eigenvalue weighted by Crippen LogP contribution is -2.37. The Morgan fingerprint density at radius 1 is 1.12 bits per heavy atom. The molecule has 0 aliphatic heterocycles. The number of hydrogen-bond acceptors (Lipinski definition) is 4. The van der Waals surface area contributed by atoms with Gasteiger partial charge in [-0.1, -0.05) is 53.2 Å². The van der Waals surface area contributed by atoms with Crippen molar-refractivity contribution in [2.24, 2.45) is 11.8 Å². The summed E-state index contributed by atoms with van der Waals surface area (Å²) in [7, 11) is 5.65. The van der Waals surface area contributed by atoms with Gasteiger partial charge < -0.3 is 14.4 Å². The molecule has 0 aromatic heterocycles. The van der Waals surface area contributed by atoms with Crippen LogP contribution in [0.15, 0.2) is 24.3 Å². The molecule has 144 valence electrons. The molecule has 0 saturated heterocycles. The molecule has 0 amide bonds. The van der Waals surface area contributed by atoms with Crippen LogP contribution in [0.2, 0.25) is 0 Å². The highest BCUT2D eigenvalue weighted by Crippen LogP contribution is 2.25. The lowest BCUT2D eigenvalue weighted by molar-refractivity contribution is -0.00820. The molecule has 3 unspecified atom stereocenters. The van der Waals surface area contributed by atoms with Gasteiger partial charge in [-0.2, -0.15) is 0 Å². The van der Waals surface area contributed by atoms with E-state index in [-0.39, 0.29) is 18.0 Å². The molecule has 0 bridgehead atoms. The van der Waals surface area contributed by atoms with E-state index in [0.29, 0.717) is 17.2 Å². The second-order valence-electron chi connectivity index (χ2n) is 6.58. The second kappa shape index (κ2) is 12.8. The van der Waals surface area contributed by atoms with E-state index < -0.39 is 0 Å². The molecule has 3 atom stereocenters. The van der Waals surface area contributed by atoms with E-state index >= 15 is 0 Å². The molecule has 0 radical (unpaired) electrons. The highest BCUT2D eigenvalue weighted by molar-refractivity contribution is 5.92. The molecule has 4 nitrogen and oxygen atoms in total. The van der Waals surface area contributed by atoms with Crippen LogP contribution in [0.4, 0.5) is 0 Å². The first-order chi connectivity index (χ1) is 11.9. The van der Waals surface area contributed by atoms with Crippen LogP contribution in [0.25, 0.3) is 0 Å². The SMILES string of the molecule is CC.CCCC(C)C(OC(=O)c1ccccc1OC)C(C)CN(C)C. The van der Waals surface area contributed by atoms with Gasteiger partial charge in [0.2, 0.25) is 0 Å². The summed E-state index contributed by atoms with van der Waals surface area (Å²) < 4.78 is 11.2. The molecule has 1 aromatic rings. The van der Waals surface area contributed by atoms with Crippen molar-refractivity contribution in [2.45, 2.75) is 53.6 Å². The Morgan fingerprint density at radius 2 is 1.72 bits per heavy atom. The molecule has 0 fully saturated rings. The van der Waals surface area contributed by atoms with Crippen LogP contribution < -0.4 is 4.74 Å². The maximum atomic E-state index is 12.6. The number of methoxy groups -OCH3 is 1. The van der Waals surface area contributed by atoms with E-state index in [1.807, 2.05) is 40.1 Å². The van der Waals surface area contributed by atoms with Crippen molar-refractivity contribution in [3.8, 4) is 5.75 Å². The first-order valence-electron chi connectivity index (χ1n) is 9.39. The standard InChI is InChI=1S/C19H31NO3.C2H6/c1-7-10-14(2)18(15(3)13-20(4)5)23-19(21)16-11-8-9-12-17(16)22-6;1-2/h8-9,11-12,14-15,18H,7,10,13H2,1-6H3;1-2H3. The monoisotopic (exact) mass is 351 g/mol. The molecule has 25 heavy (non-hydrogen) atoms. The Kier molecular flexibility index (Phi) is 12.0. The Labute approximate surface area is 154 Å². The third-order valence-corrected chi connectivity index (χ3v) is 4.09. The number of carbonyl (C=O) groups is 1. The lowest BCUT2D eigenvalue weighted by atomic mass is 9.89. The van der Waals surface area contributed by atoms with E-state index in [9.17, 15) is 4.79 Å². The number of ether oxygens (including phenoxy) is 2. The smallest absolute Gasteiger partial charge is 0.342 e. The van der Waals surface area contributed by atoms with Gasteiger partial charge in [-0.05, 0) is 38.6 Å². The van der Waals surface area contributed by atoms with Crippen LogP contribution in [0.5, 0.6) is 5.75 Å². The second-order valence-corrected chi connectivity index (χ2v) is 6.58. The predicted molar refractivity (Wildman–Crippen MR) is 105 cm³/mol. The van der Waals surface area contributed by atoms with E-state index in [4.69, 9.17) is 9.47 Å². The molecule has 1 aromatic carbocycles. The average molecular weight is 352 g/mol. The third kappa shape index (κ3) is 7.91. The van der Waals surface area contributed by atoms with Crippen molar-refractivity contribution in [2.75, 3.05) is 27.7 Å². The van der Waals surface area contributed by atoms with Gasteiger partial charge in [0, 0.05) is 12.5 Å². The molecule has 0 aliphatic carbocycles. The van der Waals surface area contributed by atoms with Crippen molar-refractivity contribution >= 4 is 5.97 Å². The van der Waals surface area contributed by atoms with E-state index in [2.05, 4.69) is 25.7 Å². The number of carbonyl (C=O) groups excluding carboxylic acids is 1. The van der Waals surface area contributed by atoms with Crippen LogP contribution in [0, 0.1) is 11.8 Å². The summed E-state index contributed by atoms with van der Waals surface area (Å²) in [6.07, 6.45) is 2.02. The van der Waals surface area contributed by atoms with Gasteiger partial charge in [0.25, 0.3) is 0 Å². The molecule has 0 saturated carbocycles. The fourth-order valence-electron chi connectivity index (χ4n) is 3.09. The molecule has 0 N–H and O–H groups in total. The fourth-order valence-corrected chi connectivity index (χ4v) is 3.09. The molecule has 0 spiro atoms. The van der Waals surface area contributed by atoms with E-state index in [1.165, 1.54) is 0 Å². The summed E-state index contributed by atoms with van der Waals surface area (Å²) in [6.45, 7) is 11.4. The molecular formula is C21H37NO3. The van der Waals surface area contributed by atoms with Crippen LogP contribution in [-0.4, -0.2) is 44.7 Å². The number of para-hydroxylation sites is 1. The summed E-state index contributed by atoms with van der Waals surface area (Å²) in [5.74, 6) is 0.847. The highest BCUT2D eigenvalue weighted by Gasteiger charge is 2.28. The molecule has 1 rings (SSSR count). The zero-order valence-electron chi connectivity index (χ0n) is 17.3. The Hall–Kier alpha value is -1.55. The fraction of sp³-hybridized carbons (Fsp3) is 0.667. The number of hydrogen-bond donors (Lipinski definition) is 0. The molecular weight excluding hydrogens is 314 g/mol. The summed E-state index contributed by atoms with van der Waals surface area (Å²) in [5, 5.41) is 0. The Bertz CT molecular complexity index is 488. The van der Waals surface area contributed by atoms with Gasteiger partial charge in [0.1, 0.15) is 17.4 Å². The highest BCUT2D eigenvalue weighted by atomic mass is 16.5. The summed E-state index contributed by atoms with van der Waals surface area (Å²) in [4.78, 5) is 14.8. The lowest BCUT2D eigenvalue weighted by Gasteiger charge is -2.31. The topological polar surface area (TPSA) is 38.8 Å². The minimum absolute atomic E-state index is 0.102. The number of benzene rings is 1. The normalized spacial score (nSPS) is 14.1. The number of esters is 1. The quantitative estimate of drug-likeness (QED) is 0.594. The summed E-state index contributed by atoms with van der Waals surface area (Å²) in [6, 6.07) is 7.21. The van der Waals surface area contributed by atoms with Crippen molar-refractivity contribution in [1.29, 1.82) is 0 Å². The van der Waals surface area contributed by atoms with Crippen LogP contribution in [0.1, 0.15) is 57.8 Å². The summed E-state index contributed by atoms with van der Waals surface area (Å²) >= 11 is 0. The van der Waals surface area contributed by atoms with Crippen LogP contribution in [-0.2, 0) is 4.74 Å². The van der Waals surface area contributed by atoms with Gasteiger partial charge in [0.05, 0.1) is 7.11 Å². The van der Waals surface area contributed by atoms with Gasteiger partial charge >= 0.3 is 5.97 Å². The summed E-state index contributed by atoms with van der Waals surface area (Å²) in [5.41, 5.74) is 0.487. The number of nitrogens with zero attached hydrogens (tertiary/aromatic N) is 1. The molecule has 0 aliphatic rings. The van der Waals surface area contributed by atoms with Crippen molar-refractivity contribution < 1.29 is 14.3 Å². The van der Waals surface area contributed by atoms with E-state index in [0.717, 1.165) is 19.4 Å². The average Bonchev–Trinajstić information content (AvgIpc) is 2.60. The zero-order valence-corrected chi connectivity index (χ0v) is 17.3. The Morgan fingerprint density at radius 3 is 2.24 bits per heavy atom. The van der Waals surface area contributed by atoms with Crippen LogP contribution in [0.3, 0.4) is 0 Å². The first-order valence-corrected chi connectivity index (χ1v) is 9.39. The third-order valence-electron chi connectivity index (χ3n) is 4.09. The Balaban J connectivity index is 0.00000277. The zero-order chi connectivity index (χ0) is 19.4. The minimum atomic E-state index is -0.305. The maximum absolute atomic E-state index is 12.6. The predicted octanol–water partition coefficient (Wildman–Crippen LogP) is 4.88. The van der Waals surface area contributed by atoms with Gasteiger partial charge in [0.15, 0.2) is 0 Å². The minimum Gasteiger partial charge on any atom is -0.496 e.